The van der Waals surface area contributed by atoms with Crippen LogP contribution in [0.25, 0.3) is 0 Å². The molecule has 0 saturated carbocycles. The second-order valence-electron chi connectivity index (χ2n) is 2.65. The van der Waals surface area contributed by atoms with Gasteiger partial charge in [0.15, 0.2) is 6.26 Å². The number of thiol groups is 1. The number of rotatable bonds is 2. The number of allylic oxidation sites excluding steroid dienone is 1. The van der Waals surface area contributed by atoms with E-state index in [4.69, 9.17) is 9.05 Å². The number of hydrogen-bond acceptors (Lipinski definition) is 4. The van der Waals surface area contributed by atoms with Gasteiger partial charge in [0.25, 0.3) is 0 Å². The van der Waals surface area contributed by atoms with Crippen LogP contribution in [0.5, 0.6) is 0 Å². The van der Waals surface area contributed by atoms with Crippen molar-refractivity contribution in [1.29, 1.82) is 0 Å². The van der Waals surface area contributed by atoms with Crippen molar-refractivity contribution < 1.29 is 9.05 Å². The normalized spacial score (nSPS) is 29.7. The summed E-state index contributed by atoms with van der Waals surface area (Å²) in [6.45, 7) is 4.17. The van der Waals surface area contributed by atoms with E-state index in [9.17, 15) is 0 Å². The molecule has 0 fully saturated rings. The topological polar surface area (TPSA) is 30.5 Å². The van der Waals surface area contributed by atoms with Crippen LogP contribution in [0.4, 0.5) is 0 Å². The lowest BCUT2D eigenvalue weighted by molar-refractivity contribution is 0.369. The van der Waals surface area contributed by atoms with Crippen molar-refractivity contribution in [2.45, 2.75) is 13.8 Å². The molecule has 11 heavy (non-hydrogen) atoms. The SMILES string of the molecule is CO[P+]1(S)NC(C(C)C)=CO1. The Hall–Kier alpha value is 0.0800. The Balaban J connectivity index is 2.55. The van der Waals surface area contributed by atoms with Crippen molar-refractivity contribution in [3.63, 3.8) is 0 Å². The van der Waals surface area contributed by atoms with Crippen LogP contribution in [-0.2, 0) is 9.05 Å². The summed E-state index contributed by atoms with van der Waals surface area (Å²) >= 11 is 4.24. The van der Waals surface area contributed by atoms with Crippen molar-refractivity contribution >= 4 is 19.3 Å². The van der Waals surface area contributed by atoms with Gasteiger partial charge >= 0.3 is 7.07 Å². The van der Waals surface area contributed by atoms with Crippen LogP contribution in [0.1, 0.15) is 13.8 Å². The van der Waals surface area contributed by atoms with E-state index in [1.165, 1.54) is 0 Å². The minimum absolute atomic E-state index is 0.430. The molecule has 5 heteroatoms. The second-order valence-corrected chi connectivity index (χ2v) is 6.07. The van der Waals surface area contributed by atoms with Crippen molar-refractivity contribution in [3.05, 3.63) is 12.0 Å². The predicted octanol–water partition coefficient (Wildman–Crippen LogP) is 2.36. The third-order valence-electron chi connectivity index (χ3n) is 1.46. The van der Waals surface area contributed by atoms with Gasteiger partial charge in [-0.2, -0.15) is 9.61 Å². The summed E-state index contributed by atoms with van der Waals surface area (Å²) in [5.41, 5.74) is 1.05. The van der Waals surface area contributed by atoms with Crippen molar-refractivity contribution in [2.24, 2.45) is 5.92 Å². The first-order chi connectivity index (χ1) is 5.07. The molecule has 1 rings (SSSR count). The summed E-state index contributed by atoms with van der Waals surface area (Å²) in [5, 5.41) is 3.11. The van der Waals surface area contributed by atoms with Crippen LogP contribution in [0.3, 0.4) is 0 Å². The lowest BCUT2D eigenvalue weighted by Crippen LogP contribution is -2.11. The van der Waals surface area contributed by atoms with E-state index in [0.29, 0.717) is 5.92 Å². The standard InChI is InChI=1S/C6H13NO2PS/c1-5(2)6-4-9-10(11,7-6)8-3/h4-5,7,11H,1-3H3/q+1. The van der Waals surface area contributed by atoms with E-state index in [0.717, 1.165) is 5.70 Å². The average Bonchev–Trinajstić information content (AvgIpc) is 2.33. The van der Waals surface area contributed by atoms with Crippen LogP contribution < -0.4 is 5.09 Å². The van der Waals surface area contributed by atoms with Gasteiger partial charge in [0.1, 0.15) is 0 Å². The molecule has 1 atom stereocenters. The Morgan fingerprint density at radius 1 is 1.73 bits per heavy atom. The van der Waals surface area contributed by atoms with E-state index >= 15 is 0 Å². The zero-order chi connectivity index (χ0) is 8.48. The lowest BCUT2D eigenvalue weighted by Gasteiger charge is -2.10. The smallest absolute Gasteiger partial charge is 0.287 e. The first-order valence-electron chi connectivity index (χ1n) is 3.41. The van der Waals surface area contributed by atoms with Gasteiger partial charge in [-0.25, -0.2) is 0 Å². The maximum absolute atomic E-state index is 5.24. The van der Waals surface area contributed by atoms with Gasteiger partial charge in [0, 0.05) is 5.92 Å². The molecule has 0 saturated heterocycles. The Labute approximate surface area is 72.9 Å². The Morgan fingerprint density at radius 3 is 2.64 bits per heavy atom. The van der Waals surface area contributed by atoms with Crippen molar-refractivity contribution in [1.82, 2.24) is 5.09 Å². The van der Waals surface area contributed by atoms with Crippen LogP contribution in [-0.4, -0.2) is 7.11 Å². The fourth-order valence-corrected chi connectivity index (χ4v) is 2.31. The maximum atomic E-state index is 5.24. The molecule has 0 radical (unpaired) electrons. The van der Waals surface area contributed by atoms with Crippen LogP contribution in [0.15, 0.2) is 12.0 Å². The highest BCUT2D eigenvalue weighted by molar-refractivity contribution is 8.48. The molecule has 1 aliphatic heterocycles. The summed E-state index contributed by atoms with van der Waals surface area (Å²) in [6.07, 6.45) is 1.69. The first kappa shape index (κ1) is 9.17. The fraction of sp³-hybridized carbons (Fsp3) is 0.667. The molecular formula is C6H13NO2PS+. The molecule has 1 heterocycles. The van der Waals surface area contributed by atoms with Gasteiger partial charge in [-0.1, -0.05) is 13.8 Å². The molecule has 0 spiro atoms. The summed E-state index contributed by atoms with van der Waals surface area (Å²) in [4.78, 5) is 0. The molecule has 0 amide bonds. The zero-order valence-corrected chi connectivity index (χ0v) is 8.65. The van der Waals surface area contributed by atoms with Gasteiger partial charge < -0.3 is 0 Å². The Morgan fingerprint density at radius 2 is 2.36 bits per heavy atom. The largest absolute Gasteiger partial charge is 0.476 e. The van der Waals surface area contributed by atoms with Crippen LogP contribution in [0.2, 0.25) is 0 Å². The van der Waals surface area contributed by atoms with E-state index < -0.39 is 7.07 Å². The van der Waals surface area contributed by atoms with Crippen molar-refractivity contribution in [2.75, 3.05) is 7.11 Å². The highest BCUT2D eigenvalue weighted by atomic mass is 32.7. The van der Waals surface area contributed by atoms with E-state index in [-0.39, 0.29) is 0 Å². The van der Waals surface area contributed by atoms with Crippen LogP contribution >= 0.6 is 19.3 Å². The highest BCUT2D eigenvalue weighted by Crippen LogP contribution is 2.65. The summed E-state index contributed by atoms with van der Waals surface area (Å²) < 4.78 is 10.3. The molecule has 1 unspecified atom stereocenters. The third kappa shape index (κ3) is 2.01. The highest BCUT2D eigenvalue weighted by Gasteiger charge is 2.44. The summed E-state index contributed by atoms with van der Waals surface area (Å²) in [6, 6.07) is 0. The molecule has 0 aromatic carbocycles. The molecule has 0 aromatic heterocycles. The minimum Gasteiger partial charge on any atom is -0.287 e. The van der Waals surface area contributed by atoms with E-state index in [1.807, 2.05) is 0 Å². The van der Waals surface area contributed by atoms with Gasteiger partial charge in [0.05, 0.1) is 25.1 Å². The minimum atomic E-state index is -2.06. The summed E-state index contributed by atoms with van der Waals surface area (Å²) in [5.74, 6) is 0.430. The van der Waals surface area contributed by atoms with Crippen molar-refractivity contribution in [3.8, 4) is 0 Å². The van der Waals surface area contributed by atoms with Gasteiger partial charge in [-0.3, -0.25) is 4.52 Å². The predicted molar refractivity (Wildman–Crippen MR) is 50.1 cm³/mol. The maximum Gasteiger partial charge on any atom is 0.476 e. The first-order valence-corrected chi connectivity index (χ1v) is 6.19. The van der Waals surface area contributed by atoms with E-state index in [1.54, 1.807) is 13.4 Å². The van der Waals surface area contributed by atoms with Gasteiger partial charge in [-0.15, -0.1) is 0 Å². The molecule has 1 aliphatic rings. The Bertz CT molecular complexity index is 185. The molecule has 0 aliphatic carbocycles. The summed E-state index contributed by atoms with van der Waals surface area (Å²) in [7, 11) is -0.471. The molecule has 0 aromatic rings. The second kappa shape index (κ2) is 3.21. The monoisotopic (exact) mass is 194 g/mol. The lowest BCUT2D eigenvalue weighted by atomic mass is 10.2. The Kier molecular flexibility index (Phi) is 2.68. The average molecular weight is 194 g/mol. The zero-order valence-electron chi connectivity index (χ0n) is 6.87. The fourth-order valence-electron chi connectivity index (χ4n) is 0.698. The molecular weight excluding hydrogens is 181 g/mol. The third-order valence-corrected chi connectivity index (χ3v) is 3.96. The quantitative estimate of drug-likeness (QED) is 0.522. The number of nitrogens with one attached hydrogen (secondary N) is 1. The molecule has 64 valence electrons. The van der Waals surface area contributed by atoms with Crippen LogP contribution in [0, 0.1) is 5.92 Å². The van der Waals surface area contributed by atoms with E-state index in [2.05, 4.69) is 31.2 Å². The molecule has 3 nitrogen and oxygen atoms in total. The van der Waals surface area contributed by atoms with Gasteiger partial charge in [0.2, 0.25) is 0 Å². The van der Waals surface area contributed by atoms with Gasteiger partial charge in [-0.05, 0) is 0 Å². The number of hydrogen-bond donors (Lipinski definition) is 2. The molecule has 0 bridgehead atoms. The molecule has 1 N–H and O–H groups in total.